The molecule has 3 N–H and O–H groups in total. The van der Waals surface area contributed by atoms with Crippen LogP contribution in [0.25, 0.3) is 0 Å². The lowest BCUT2D eigenvalue weighted by Crippen LogP contribution is -2.46. The van der Waals surface area contributed by atoms with Crippen molar-refractivity contribution in [2.45, 2.75) is 251 Å². The maximum atomic E-state index is 13.1. The number of allylic oxidation sites excluding steroid dienone is 10. The van der Waals surface area contributed by atoms with Gasteiger partial charge in [-0.05, 0) is 83.5 Å². The van der Waals surface area contributed by atoms with Gasteiger partial charge in [-0.25, -0.2) is 0 Å². The molecule has 0 fully saturated rings. The number of unbranched alkanes of at least 4 members (excludes halogenated alkanes) is 21. The fourth-order valence-electron chi connectivity index (χ4n) is 7.08. The van der Waals surface area contributed by atoms with E-state index in [1.54, 1.807) is 0 Å². The Labute approximate surface area is 358 Å². The summed E-state index contributed by atoms with van der Waals surface area (Å²) >= 11 is 0. The number of nitrogens with one attached hydrogen (secondary N) is 1. The molecule has 336 valence electrons. The predicted molar refractivity (Wildman–Crippen MR) is 250 cm³/mol. The van der Waals surface area contributed by atoms with Crippen LogP contribution in [0.1, 0.15) is 233 Å². The standard InChI is InChI=1S/C52H93NO5/c1-4-7-10-13-16-19-21-23-24-25-26-28-29-32-34-37-40-43-48(58-52(57)45-42-39-36-33-30-27-22-20-17-14-11-8-5-2)46-51(56)53-49(47-54)50(55)44-41-38-35-31-18-15-12-9-6-3/h16,19,23-24,26-28,30,36,39,48-50,54-55H,4-15,17-18,20-22,25,29,31-35,37-38,40-47H2,1-3H3,(H,53,56)/b19-16-,24-23-,28-26-,30-27-,39-36+. The molecule has 0 saturated carbocycles. The second kappa shape index (κ2) is 45.6. The molecule has 0 saturated heterocycles. The van der Waals surface area contributed by atoms with Crippen LogP contribution in [0.4, 0.5) is 0 Å². The molecular formula is C52H93NO5. The number of aliphatic hydroxyl groups excluding tert-OH is 2. The van der Waals surface area contributed by atoms with Crippen LogP contribution in [0.15, 0.2) is 60.8 Å². The second-order valence-electron chi connectivity index (χ2n) is 16.5. The van der Waals surface area contributed by atoms with E-state index < -0.39 is 18.2 Å². The van der Waals surface area contributed by atoms with E-state index in [0.717, 1.165) is 77.0 Å². The van der Waals surface area contributed by atoms with Crippen molar-refractivity contribution in [2.24, 2.45) is 0 Å². The summed E-state index contributed by atoms with van der Waals surface area (Å²) in [6.45, 7) is 6.40. The third kappa shape index (κ3) is 40.3. The van der Waals surface area contributed by atoms with Gasteiger partial charge in [0.2, 0.25) is 5.91 Å². The van der Waals surface area contributed by atoms with E-state index in [1.165, 1.54) is 103 Å². The lowest BCUT2D eigenvalue weighted by atomic mass is 10.0. The molecule has 0 bridgehead atoms. The Morgan fingerprint density at radius 2 is 0.879 bits per heavy atom. The molecule has 0 aromatic carbocycles. The number of carbonyl (C=O) groups is 2. The van der Waals surface area contributed by atoms with Crippen LogP contribution in [0.5, 0.6) is 0 Å². The number of amides is 1. The summed E-state index contributed by atoms with van der Waals surface area (Å²) in [5, 5.41) is 23.6. The van der Waals surface area contributed by atoms with Gasteiger partial charge in [0.15, 0.2) is 0 Å². The molecule has 3 unspecified atom stereocenters. The number of hydrogen-bond acceptors (Lipinski definition) is 5. The average Bonchev–Trinajstić information content (AvgIpc) is 3.22. The summed E-state index contributed by atoms with van der Waals surface area (Å²) in [6, 6.07) is -0.719. The van der Waals surface area contributed by atoms with Gasteiger partial charge in [0, 0.05) is 6.42 Å². The minimum atomic E-state index is -0.802. The summed E-state index contributed by atoms with van der Waals surface area (Å²) in [4.78, 5) is 26.0. The van der Waals surface area contributed by atoms with Gasteiger partial charge in [-0.1, -0.05) is 197 Å². The number of rotatable bonds is 43. The van der Waals surface area contributed by atoms with Crippen molar-refractivity contribution < 1.29 is 24.5 Å². The molecule has 58 heavy (non-hydrogen) atoms. The molecule has 1 amide bonds. The van der Waals surface area contributed by atoms with Gasteiger partial charge in [0.05, 0.1) is 25.2 Å². The molecule has 0 rings (SSSR count). The summed E-state index contributed by atoms with van der Waals surface area (Å²) in [6.07, 6.45) is 55.7. The summed E-state index contributed by atoms with van der Waals surface area (Å²) in [5.74, 6) is -0.579. The smallest absolute Gasteiger partial charge is 0.306 e. The van der Waals surface area contributed by atoms with Crippen molar-refractivity contribution in [2.75, 3.05) is 6.61 Å². The normalized spacial score (nSPS) is 13.8. The fraction of sp³-hybridized carbons (Fsp3) is 0.769. The Balaban J connectivity index is 4.72. The topological polar surface area (TPSA) is 95.9 Å². The molecule has 0 heterocycles. The summed E-state index contributed by atoms with van der Waals surface area (Å²) < 4.78 is 5.87. The number of hydrogen-bond donors (Lipinski definition) is 3. The minimum absolute atomic E-state index is 0.0388. The molecule has 6 heteroatoms. The van der Waals surface area contributed by atoms with Crippen LogP contribution in [0.2, 0.25) is 0 Å². The van der Waals surface area contributed by atoms with Crippen molar-refractivity contribution in [1.82, 2.24) is 5.32 Å². The summed E-state index contributed by atoms with van der Waals surface area (Å²) in [7, 11) is 0. The first-order valence-electron chi connectivity index (χ1n) is 24.5. The van der Waals surface area contributed by atoms with Crippen LogP contribution in [-0.4, -0.2) is 46.9 Å². The van der Waals surface area contributed by atoms with E-state index in [0.29, 0.717) is 19.3 Å². The molecule has 0 radical (unpaired) electrons. The van der Waals surface area contributed by atoms with Gasteiger partial charge in [0.25, 0.3) is 0 Å². The van der Waals surface area contributed by atoms with Crippen molar-refractivity contribution in [3.8, 4) is 0 Å². The molecular weight excluding hydrogens is 719 g/mol. The maximum Gasteiger partial charge on any atom is 0.306 e. The Hall–Kier alpha value is -2.44. The molecule has 0 aliphatic rings. The lowest BCUT2D eigenvalue weighted by molar-refractivity contribution is -0.150. The number of ether oxygens (including phenoxy) is 1. The Bertz CT molecular complexity index is 1050. The zero-order chi connectivity index (χ0) is 42.4. The highest BCUT2D eigenvalue weighted by molar-refractivity contribution is 5.77. The van der Waals surface area contributed by atoms with Gasteiger partial charge in [-0.2, -0.15) is 0 Å². The largest absolute Gasteiger partial charge is 0.462 e. The maximum absolute atomic E-state index is 13.1. The zero-order valence-corrected chi connectivity index (χ0v) is 38.2. The molecule has 6 nitrogen and oxygen atoms in total. The van der Waals surface area contributed by atoms with Crippen LogP contribution in [0, 0.1) is 0 Å². The van der Waals surface area contributed by atoms with Crippen LogP contribution >= 0.6 is 0 Å². The number of aliphatic hydroxyl groups is 2. The van der Waals surface area contributed by atoms with Gasteiger partial charge < -0.3 is 20.3 Å². The Morgan fingerprint density at radius 1 is 0.500 bits per heavy atom. The van der Waals surface area contributed by atoms with Crippen molar-refractivity contribution in [3.63, 3.8) is 0 Å². The van der Waals surface area contributed by atoms with Gasteiger partial charge in [-0.15, -0.1) is 0 Å². The van der Waals surface area contributed by atoms with Gasteiger partial charge in [0.1, 0.15) is 6.10 Å². The predicted octanol–water partition coefficient (Wildman–Crippen LogP) is 14.5. The van der Waals surface area contributed by atoms with Crippen molar-refractivity contribution in [3.05, 3.63) is 60.8 Å². The third-order valence-electron chi connectivity index (χ3n) is 10.8. The first-order chi connectivity index (χ1) is 28.5. The van der Waals surface area contributed by atoms with Gasteiger partial charge >= 0.3 is 5.97 Å². The molecule has 0 aliphatic heterocycles. The zero-order valence-electron chi connectivity index (χ0n) is 38.2. The molecule has 3 atom stereocenters. The molecule has 0 aromatic heterocycles. The lowest BCUT2D eigenvalue weighted by Gasteiger charge is -2.24. The van der Waals surface area contributed by atoms with E-state index in [1.807, 2.05) is 6.08 Å². The van der Waals surface area contributed by atoms with Gasteiger partial charge in [-0.3, -0.25) is 9.59 Å². The summed E-state index contributed by atoms with van der Waals surface area (Å²) in [5.41, 5.74) is 0. The SMILES string of the molecule is CCCCC/C=C\C/C=C\C/C=C\CCCCCCC(CC(=O)NC(CO)C(O)CCCCCCCCCCC)OC(=O)CC/C=C/C/C=C\CCCCCCCC. The quantitative estimate of drug-likeness (QED) is 0.0324. The highest BCUT2D eigenvalue weighted by Gasteiger charge is 2.24. The number of esters is 1. The van der Waals surface area contributed by atoms with Crippen molar-refractivity contribution in [1.29, 1.82) is 0 Å². The van der Waals surface area contributed by atoms with E-state index >= 15 is 0 Å². The Kier molecular flexibility index (Phi) is 43.7. The van der Waals surface area contributed by atoms with E-state index in [2.05, 4.69) is 80.8 Å². The van der Waals surface area contributed by atoms with E-state index in [4.69, 9.17) is 4.74 Å². The molecule has 0 aliphatic carbocycles. The van der Waals surface area contributed by atoms with Crippen molar-refractivity contribution >= 4 is 11.9 Å². The first-order valence-corrected chi connectivity index (χ1v) is 24.5. The minimum Gasteiger partial charge on any atom is -0.462 e. The Morgan fingerprint density at radius 3 is 1.36 bits per heavy atom. The average molecular weight is 812 g/mol. The van der Waals surface area contributed by atoms with Crippen LogP contribution in [0.3, 0.4) is 0 Å². The van der Waals surface area contributed by atoms with E-state index in [9.17, 15) is 19.8 Å². The monoisotopic (exact) mass is 812 g/mol. The van der Waals surface area contributed by atoms with E-state index in [-0.39, 0.29) is 31.3 Å². The van der Waals surface area contributed by atoms with Crippen LogP contribution in [-0.2, 0) is 14.3 Å². The highest BCUT2D eigenvalue weighted by Crippen LogP contribution is 2.16. The third-order valence-corrected chi connectivity index (χ3v) is 10.8. The number of carbonyl (C=O) groups excluding carboxylic acids is 2. The second-order valence-corrected chi connectivity index (χ2v) is 16.5. The molecule has 0 spiro atoms. The molecule has 0 aromatic rings. The fourth-order valence-corrected chi connectivity index (χ4v) is 7.08. The highest BCUT2D eigenvalue weighted by atomic mass is 16.5. The first kappa shape index (κ1) is 55.6. The van der Waals surface area contributed by atoms with Crippen LogP contribution < -0.4 is 5.32 Å².